The van der Waals surface area contributed by atoms with Crippen molar-refractivity contribution in [3.63, 3.8) is 0 Å². The Labute approximate surface area is 207 Å². The summed E-state index contributed by atoms with van der Waals surface area (Å²) in [5.74, 6) is 2.15. The predicted molar refractivity (Wildman–Crippen MR) is 133 cm³/mol. The summed E-state index contributed by atoms with van der Waals surface area (Å²) in [4.78, 5) is 27.4. The molecule has 192 valence electrons. The number of morpholine rings is 1. The molecule has 5 fully saturated rings. The Hall–Kier alpha value is -2.39. The Morgan fingerprint density at radius 3 is 2.54 bits per heavy atom. The van der Waals surface area contributed by atoms with Gasteiger partial charge in [-0.1, -0.05) is 0 Å². The number of carbonyl (C=O) groups excluding carboxylic acids is 2. The third-order valence-electron chi connectivity index (χ3n) is 8.49. The fourth-order valence-electron chi connectivity index (χ4n) is 7.32. The molecule has 3 N–H and O–H groups in total. The van der Waals surface area contributed by atoms with Crippen molar-refractivity contribution >= 4 is 23.8 Å². The molecule has 35 heavy (non-hydrogen) atoms. The number of rotatable bonds is 7. The second kappa shape index (κ2) is 9.24. The van der Waals surface area contributed by atoms with Crippen molar-refractivity contribution in [2.75, 3.05) is 37.8 Å². The number of nitrogens with one attached hydrogen (secondary N) is 2. The van der Waals surface area contributed by atoms with Crippen LogP contribution in [0.3, 0.4) is 0 Å². The van der Waals surface area contributed by atoms with Gasteiger partial charge in [0.25, 0.3) is 5.91 Å². The van der Waals surface area contributed by atoms with Crippen LogP contribution in [0.25, 0.3) is 6.20 Å². The first-order valence-corrected chi connectivity index (χ1v) is 13.0. The number of hydrogen-bond donors (Lipinski definition) is 3. The van der Waals surface area contributed by atoms with Crippen molar-refractivity contribution in [3.8, 4) is 0 Å². The lowest BCUT2D eigenvalue weighted by atomic mass is 9.48. The van der Waals surface area contributed by atoms with Crippen molar-refractivity contribution in [3.05, 3.63) is 17.8 Å². The summed E-state index contributed by atoms with van der Waals surface area (Å²) in [6.45, 7) is 8.18. The smallest absolute Gasteiger partial charge is 0.256 e. The first-order valence-electron chi connectivity index (χ1n) is 13.0. The minimum atomic E-state index is -0.550. The Balaban J connectivity index is 1.38. The van der Waals surface area contributed by atoms with Crippen LogP contribution in [-0.4, -0.2) is 71.2 Å². The van der Waals surface area contributed by atoms with Gasteiger partial charge in [0.15, 0.2) is 0 Å². The van der Waals surface area contributed by atoms with Gasteiger partial charge in [0.2, 0.25) is 5.91 Å². The molecule has 1 saturated heterocycles. The van der Waals surface area contributed by atoms with Gasteiger partial charge in [0.1, 0.15) is 11.4 Å². The molecule has 1 aromatic rings. The van der Waals surface area contributed by atoms with Crippen LogP contribution in [0.4, 0.5) is 5.82 Å². The molecule has 0 aromatic carbocycles. The van der Waals surface area contributed by atoms with Gasteiger partial charge in [-0.2, -0.15) is 5.10 Å². The highest BCUT2D eigenvalue weighted by Crippen LogP contribution is 2.59. The first kappa shape index (κ1) is 24.3. The van der Waals surface area contributed by atoms with E-state index in [4.69, 9.17) is 4.74 Å². The maximum Gasteiger partial charge on any atom is 0.256 e. The third kappa shape index (κ3) is 4.85. The normalized spacial score (nSPS) is 32.3. The van der Waals surface area contributed by atoms with Crippen LogP contribution in [-0.2, 0) is 9.53 Å². The van der Waals surface area contributed by atoms with Crippen molar-refractivity contribution in [1.82, 2.24) is 20.4 Å². The van der Waals surface area contributed by atoms with Crippen molar-refractivity contribution in [2.45, 2.75) is 64.5 Å². The summed E-state index contributed by atoms with van der Waals surface area (Å²) < 4.78 is 7.28. The number of anilines is 1. The SMILES string of the molecule is CC(=O)NC(C)(C)C=Cn1ncc(C(=O)NC2C3CC4CC2CC(CO)(C4)C3)c1N1CCOCC1. The van der Waals surface area contributed by atoms with E-state index in [1.54, 1.807) is 10.9 Å². The lowest BCUT2D eigenvalue weighted by molar-refractivity contribution is -0.120. The van der Waals surface area contributed by atoms with E-state index in [0.29, 0.717) is 49.6 Å². The standard InChI is InChI=1S/C26H39N5O4/c1-17(33)29-25(2,3)4-5-31-24(30-6-8-35-9-7-30)21(15-27-31)23(34)28-22-19-10-18-11-20(22)14-26(12-18,13-19)16-32/h4-5,15,18-20,22,32H,6-14,16H2,1-3H3,(H,28,34)(H,29,33). The molecule has 5 aliphatic rings. The van der Waals surface area contributed by atoms with Gasteiger partial charge in [-0.05, 0) is 75.2 Å². The maximum atomic E-state index is 13.7. The van der Waals surface area contributed by atoms with Crippen LogP contribution in [0.15, 0.2) is 12.3 Å². The van der Waals surface area contributed by atoms with Gasteiger partial charge in [0.05, 0.1) is 24.9 Å². The molecule has 1 aliphatic heterocycles. The quantitative estimate of drug-likeness (QED) is 0.545. The first-order chi connectivity index (χ1) is 16.7. The molecule has 4 bridgehead atoms. The zero-order valence-corrected chi connectivity index (χ0v) is 21.1. The van der Waals surface area contributed by atoms with Crippen LogP contribution in [0.5, 0.6) is 0 Å². The molecule has 2 unspecified atom stereocenters. The minimum Gasteiger partial charge on any atom is -0.396 e. The average Bonchev–Trinajstić information content (AvgIpc) is 3.24. The summed E-state index contributed by atoms with van der Waals surface area (Å²) in [7, 11) is 0. The Morgan fingerprint density at radius 2 is 1.91 bits per heavy atom. The second-order valence-corrected chi connectivity index (χ2v) is 11.8. The number of nitrogens with zero attached hydrogens (tertiary/aromatic N) is 3. The van der Waals surface area contributed by atoms with E-state index in [1.165, 1.54) is 6.92 Å². The maximum absolute atomic E-state index is 13.7. The summed E-state index contributed by atoms with van der Waals surface area (Å²) in [6.07, 6.45) is 10.8. The van der Waals surface area contributed by atoms with E-state index < -0.39 is 5.54 Å². The fourth-order valence-corrected chi connectivity index (χ4v) is 7.32. The summed E-state index contributed by atoms with van der Waals surface area (Å²) >= 11 is 0. The van der Waals surface area contributed by atoms with Gasteiger partial charge in [0, 0.05) is 38.9 Å². The molecule has 4 aliphatic carbocycles. The van der Waals surface area contributed by atoms with E-state index >= 15 is 0 Å². The van der Waals surface area contributed by atoms with Crippen molar-refractivity contribution in [2.24, 2.45) is 23.2 Å². The van der Waals surface area contributed by atoms with Gasteiger partial charge in [-0.25, -0.2) is 4.68 Å². The molecule has 2 heterocycles. The van der Waals surface area contributed by atoms with Gasteiger partial charge >= 0.3 is 0 Å². The van der Waals surface area contributed by atoms with Crippen molar-refractivity contribution < 1.29 is 19.4 Å². The largest absolute Gasteiger partial charge is 0.396 e. The molecule has 1 aromatic heterocycles. The number of amides is 2. The molecule has 9 heteroatoms. The second-order valence-electron chi connectivity index (χ2n) is 11.8. The van der Waals surface area contributed by atoms with E-state index in [2.05, 4.69) is 20.6 Å². The van der Waals surface area contributed by atoms with Crippen LogP contribution in [0.2, 0.25) is 0 Å². The van der Waals surface area contributed by atoms with Crippen LogP contribution in [0.1, 0.15) is 63.2 Å². The number of hydrogen-bond acceptors (Lipinski definition) is 6. The molecule has 2 atom stereocenters. The van der Waals surface area contributed by atoms with Gasteiger partial charge in [-0.15, -0.1) is 0 Å². The zero-order valence-electron chi connectivity index (χ0n) is 21.1. The highest BCUT2D eigenvalue weighted by molar-refractivity contribution is 5.99. The van der Waals surface area contributed by atoms with Gasteiger partial charge < -0.3 is 25.4 Å². The van der Waals surface area contributed by atoms with Crippen molar-refractivity contribution in [1.29, 1.82) is 0 Å². The lowest BCUT2D eigenvalue weighted by Gasteiger charge is -2.59. The number of aromatic nitrogens is 2. The number of aliphatic hydroxyl groups excluding tert-OH is 1. The Morgan fingerprint density at radius 1 is 1.23 bits per heavy atom. The monoisotopic (exact) mass is 485 g/mol. The highest BCUT2D eigenvalue weighted by Gasteiger charge is 2.55. The molecule has 4 saturated carbocycles. The predicted octanol–water partition coefficient (Wildman–Crippen LogP) is 2.02. The van der Waals surface area contributed by atoms with E-state index in [1.807, 2.05) is 26.1 Å². The topological polar surface area (TPSA) is 109 Å². The minimum absolute atomic E-state index is 0.0765. The number of carbonyl (C=O) groups is 2. The average molecular weight is 486 g/mol. The molecule has 9 nitrogen and oxygen atoms in total. The molecule has 0 spiro atoms. The molecule has 2 amide bonds. The molecule has 0 radical (unpaired) electrons. The summed E-state index contributed by atoms with van der Waals surface area (Å²) in [5, 5.41) is 20.9. The highest BCUT2D eigenvalue weighted by atomic mass is 16.5. The third-order valence-corrected chi connectivity index (χ3v) is 8.49. The summed E-state index contributed by atoms with van der Waals surface area (Å²) in [5.41, 5.74) is 0.0954. The summed E-state index contributed by atoms with van der Waals surface area (Å²) in [6, 6.07) is 0.161. The Bertz CT molecular complexity index is 980. The Kier molecular flexibility index (Phi) is 6.42. The van der Waals surface area contributed by atoms with Crippen LogP contribution >= 0.6 is 0 Å². The van der Waals surface area contributed by atoms with Crippen LogP contribution < -0.4 is 15.5 Å². The van der Waals surface area contributed by atoms with E-state index in [0.717, 1.165) is 37.9 Å². The molecular formula is C26H39N5O4. The van der Waals surface area contributed by atoms with E-state index in [9.17, 15) is 14.7 Å². The molecule has 6 rings (SSSR count). The van der Waals surface area contributed by atoms with Crippen LogP contribution in [0, 0.1) is 23.2 Å². The number of aliphatic hydroxyl groups is 1. The van der Waals surface area contributed by atoms with Gasteiger partial charge in [-0.3, -0.25) is 9.59 Å². The van der Waals surface area contributed by atoms with E-state index in [-0.39, 0.29) is 29.9 Å². The molecular weight excluding hydrogens is 446 g/mol. The zero-order chi connectivity index (χ0) is 24.8. The lowest BCUT2D eigenvalue weighted by Crippen LogP contribution is -2.60. The fraction of sp³-hybridized carbons (Fsp3) is 0.731. The number of ether oxygens (including phenoxy) is 1.